The normalized spacial score (nSPS) is 15.2. The van der Waals surface area contributed by atoms with Gasteiger partial charge in [0.25, 0.3) is 5.91 Å². The Morgan fingerprint density at radius 1 is 1.28 bits per heavy atom. The van der Waals surface area contributed by atoms with Crippen molar-refractivity contribution in [3.8, 4) is 11.5 Å². The van der Waals surface area contributed by atoms with Crippen LogP contribution in [0, 0.1) is 0 Å². The zero-order valence-electron chi connectivity index (χ0n) is 14.3. The van der Waals surface area contributed by atoms with Gasteiger partial charge in [0.05, 0.1) is 20.3 Å². The predicted molar refractivity (Wildman–Crippen MR) is 88.5 cm³/mol. The lowest BCUT2D eigenvalue weighted by atomic mass is 10.2. The van der Waals surface area contributed by atoms with Gasteiger partial charge in [0.15, 0.2) is 11.5 Å². The topological polar surface area (TPSA) is 60.0 Å². The molecular weight excluding hydrogens is 334 g/mol. The summed E-state index contributed by atoms with van der Waals surface area (Å²) in [5.41, 5.74) is 0.254. The molecule has 0 aromatic heterocycles. The minimum atomic E-state index is -2.98. The molecule has 0 bridgehead atoms. The summed E-state index contributed by atoms with van der Waals surface area (Å²) in [7, 11) is 1.35. The highest BCUT2D eigenvalue weighted by Crippen LogP contribution is 2.29. The van der Waals surface area contributed by atoms with Gasteiger partial charge in [0.1, 0.15) is 0 Å². The number of hydrogen-bond donors (Lipinski definition) is 1. The number of carbonyl (C=O) groups is 1. The third-order valence-electron chi connectivity index (χ3n) is 3.93. The molecule has 0 spiro atoms. The lowest BCUT2D eigenvalue weighted by molar-refractivity contribution is -0.0512. The number of morpholine rings is 1. The highest BCUT2D eigenvalue weighted by Gasteiger charge is 2.14. The molecule has 1 fully saturated rings. The maximum absolute atomic E-state index is 12.4. The Hall–Kier alpha value is -1.93. The van der Waals surface area contributed by atoms with Crippen molar-refractivity contribution in [1.82, 2.24) is 10.2 Å². The minimum absolute atomic E-state index is 0.155. The van der Waals surface area contributed by atoms with Gasteiger partial charge in [-0.3, -0.25) is 9.69 Å². The fourth-order valence-corrected chi connectivity index (χ4v) is 2.60. The maximum atomic E-state index is 12.4. The van der Waals surface area contributed by atoms with E-state index in [0.29, 0.717) is 6.54 Å². The molecule has 0 aliphatic carbocycles. The zero-order chi connectivity index (χ0) is 18.1. The molecule has 0 unspecified atom stereocenters. The number of benzene rings is 1. The summed E-state index contributed by atoms with van der Waals surface area (Å²) in [6.07, 6.45) is 1.82. The van der Waals surface area contributed by atoms with Crippen molar-refractivity contribution in [2.45, 2.75) is 19.5 Å². The summed E-state index contributed by atoms with van der Waals surface area (Å²) in [5, 5.41) is 2.79. The molecule has 140 valence electrons. The summed E-state index contributed by atoms with van der Waals surface area (Å²) < 4.78 is 39.5. The third-order valence-corrected chi connectivity index (χ3v) is 3.93. The lowest BCUT2D eigenvalue weighted by Crippen LogP contribution is -2.37. The van der Waals surface area contributed by atoms with Gasteiger partial charge in [-0.1, -0.05) is 0 Å². The van der Waals surface area contributed by atoms with Crippen molar-refractivity contribution in [3.05, 3.63) is 23.8 Å². The van der Waals surface area contributed by atoms with Crippen LogP contribution in [0.15, 0.2) is 18.2 Å². The molecule has 1 aliphatic heterocycles. The molecule has 0 saturated carbocycles. The molecule has 0 radical (unpaired) electrons. The van der Waals surface area contributed by atoms with Crippen molar-refractivity contribution < 1.29 is 27.8 Å². The number of nitrogens with one attached hydrogen (secondary N) is 1. The molecule has 1 aromatic rings. The highest BCUT2D eigenvalue weighted by molar-refractivity contribution is 5.94. The van der Waals surface area contributed by atoms with Crippen LogP contribution in [0.4, 0.5) is 8.78 Å². The van der Waals surface area contributed by atoms with Gasteiger partial charge in [0.2, 0.25) is 0 Å². The van der Waals surface area contributed by atoms with Crippen LogP contribution in [-0.4, -0.2) is 63.9 Å². The van der Waals surface area contributed by atoms with E-state index in [-0.39, 0.29) is 23.0 Å². The molecule has 6 nitrogen and oxygen atoms in total. The quantitative estimate of drug-likeness (QED) is 0.686. The smallest absolute Gasteiger partial charge is 0.387 e. The average Bonchev–Trinajstić information content (AvgIpc) is 2.61. The number of methoxy groups -OCH3 is 1. The Bertz CT molecular complexity index is 551. The molecule has 2 rings (SSSR count). The SMILES string of the molecule is COc1ccc(C(=O)NCCCCN2CCOCC2)cc1OC(F)F. The largest absolute Gasteiger partial charge is 0.493 e. The standard InChI is InChI=1S/C17H24F2N2O4/c1-23-14-5-4-13(12-15(14)25-17(18)19)16(22)20-6-2-3-7-21-8-10-24-11-9-21/h4-5,12,17H,2-3,6-11H2,1H3,(H,20,22). The summed E-state index contributed by atoms with van der Waals surface area (Å²) in [6.45, 7) is 1.98. The molecule has 1 aliphatic rings. The van der Waals surface area contributed by atoms with Crippen LogP contribution in [-0.2, 0) is 4.74 Å². The number of hydrogen-bond acceptors (Lipinski definition) is 5. The number of amides is 1. The van der Waals surface area contributed by atoms with E-state index in [0.717, 1.165) is 45.7 Å². The van der Waals surface area contributed by atoms with E-state index in [9.17, 15) is 13.6 Å². The van der Waals surface area contributed by atoms with E-state index in [4.69, 9.17) is 9.47 Å². The third kappa shape index (κ3) is 6.47. The Kier molecular flexibility index (Phi) is 7.87. The fraction of sp³-hybridized carbons (Fsp3) is 0.588. The first-order chi connectivity index (χ1) is 12.1. The lowest BCUT2D eigenvalue weighted by Gasteiger charge is -2.26. The Labute approximate surface area is 146 Å². The summed E-state index contributed by atoms with van der Waals surface area (Å²) >= 11 is 0. The van der Waals surface area contributed by atoms with Crippen molar-refractivity contribution >= 4 is 5.91 Å². The van der Waals surface area contributed by atoms with E-state index in [1.165, 1.54) is 25.3 Å². The number of carbonyl (C=O) groups excluding carboxylic acids is 1. The van der Waals surface area contributed by atoms with E-state index >= 15 is 0 Å². The first-order valence-corrected chi connectivity index (χ1v) is 8.31. The molecule has 1 heterocycles. The van der Waals surface area contributed by atoms with Crippen LogP contribution < -0.4 is 14.8 Å². The monoisotopic (exact) mass is 358 g/mol. The number of unbranched alkanes of at least 4 members (excludes halogenated alkanes) is 1. The maximum Gasteiger partial charge on any atom is 0.387 e. The molecule has 1 aromatic carbocycles. The van der Waals surface area contributed by atoms with Crippen LogP contribution in [0.25, 0.3) is 0 Å². The Balaban J connectivity index is 1.76. The second-order valence-electron chi connectivity index (χ2n) is 5.66. The van der Waals surface area contributed by atoms with Gasteiger partial charge in [-0.25, -0.2) is 0 Å². The van der Waals surface area contributed by atoms with E-state index in [2.05, 4.69) is 15.0 Å². The molecule has 1 saturated heterocycles. The van der Waals surface area contributed by atoms with Gasteiger partial charge < -0.3 is 19.5 Å². The number of ether oxygens (including phenoxy) is 3. The van der Waals surface area contributed by atoms with Crippen molar-refractivity contribution in [2.75, 3.05) is 46.5 Å². The number of halogens is 2. The Morgan fingerprint density at radius 2 is 2.04 bits per heavy atom. The van der Waals surface area contributed by atoms with E-state index < -0.39 is 6.61 Å². The van der Waals surface area contributed by atoms with Crippen LogP contribution in [0.3, 0.4) is 0 Å². The summed E-state index contributed by atoms with van der Waals surface area (Å²) in [5.74, 6) is -0.326. The molecule has 1 amide bonds. The van der Waals surface area contributed by atoms with E-state index in [1.54, 1.807) is 0 Å². The van der Waals surface area contributed by atoms with Gasteiger partial charge in [0, 0.05) is 25.2 Å². The summed E-state index contributed by atoms with van der Waals surface area (Å²) in [6, 6.07) is 4.21. The second kappa shape index (κ2) is 10.1. The van der Waals surface area contributed by atoms with Crippen LogP contribution in [0.1, 0.15) is 23.2 Å². The van der Waals surface area contributed by atoms with E-state index in [1.807, 2.05) is 0 Å². The number of nitrogens with zero attached hydrogens (tertiary/aromatic N) is 1. The number of rotatable bonds is 9. The Morgan fingerprint density at radius 3 is 2.72 bits per heavy atom. The molecule has 8 heteroatoms. The van der Waals surface area contributed by atoms with Gasteiger partial charge in [-0.2, -0.15) is 8.78 Å². The molecule has 1 N–H and O–H groups in total. The van der Waals surface area contributed by atoms with Crippen molar-refractivity contribution in [1.29, 1.82) is 0 Å². The minimum Gasteiger partial charge on any atom is -0.493 e. The summed E-state index contributed by atoms with van der Waals surface area (Å²) in [4.78, 5) is 14.5. The van der Waals surface area contributed by atoms with Gasteiger partial charge in [-0.15, -0.1) is 0 Å². The highest BCUT2D eigenvalue weighted by atomic mass is 19.3. The second-order valence-corrected chi connectivity index (χ2v) is 5.66. The van der Waals surface area contributed by atoms with Gasteiger partial charge >= 0.3 is 6.61 Å². The van der Waals surface area contributed by atoms with Crippen LogP contribution >= 0.6 is 0 Å². The zero-order valence-corrected chi connectivity index (χ0v) is 14.3. The van der Waals surface area contributed by atoms with Crippen LogP contribution in [0.5, 0.6) is 11.5 Å². The van der Waals surface area contributed by atoms with Crippen molar-refractivity contribution in [3.63, 3.8) is 0 Å². The van der Waals surface area contributed by atoms with Crippen molar-refractivity contribution in [2.24, 2.45) is 0 Å². The molecular formula is C17H24F2N2O4. The molecule has 0 atom stereocenters. The van der Waals surface area contributed by atoms with Crippen LogP contribution in [0.2, 0.25) is 0 Å². The number of alkyl halides is 2. The fourth-order valence-electron chi connectivity index (χ4n) is 2.60. The average molecular weight is 358 g/mol. The molecule has 25 heavy (non-hydrogen) atoms. The first kappa shape index (κ1) is 19.4. The predicted octanol–water partition coefficient (Wildman–Crippen LogP) is 2.14. The first-order valence-electron chi connectivity index (χ1n) is 8.31. The van der Waals surface area contributed by atoms with Gasteiger partial charge in [-0.05, 0) is 37.6 Å².